The zero-order valence-electron chi connectivity index (χ0n) is 9.71. The van der Waals surface area contributed by atoms with Gasteiger partial charge in [0.25, 0.3) is 0 Å². The van der Waals surface area contributed by atoms with Crippen LogP contribution in [0.5, 0.6) is 5.75 Å². The summed E-state index contributed by atoms with van der Waals surface area (Å²) in [5.41, 5.74) is 0.118. The number of ether oxygens (including phenoxy) is 1. The number of nitrogens with zero attached hydrogens (tertiary/aromatic N) is 1. The van der Waals surface area contributed by atoms with Crippen LogP contribution in [0.25, 0.3) is 0 Å². The van der Waals surface area contributed by atoms with Gasteiger partial charge in [0, 0.05) is 10.5 Å². The second-order valence-corrected chi connectivity index (χ2v) is 3.94. The topological polar surface area (TPSA) is 86.5 Å². The Bertz CT molecular complexity index is 537. The summed E-state index contributed by atoms with van der Waals surface area (Å²) in [7, 11) is 0. The Kier molecular flexibility index (Phi) is 3.10. The van der Waals surface area contributed by atoms with Crippen LogP contribution in [-0.2, 0) is 0 Å². The Hall–Kier alpha value is -2.24. The first kappa shape index (κ1) is 12.2. The number of Topliss-reactive ketones (excluding diaryl/α,β-unsaturated/α-hetero) is 2. The van der Waals surface area contributed by atoms with Crippen LogP contribution in [-0.4, -0.2) is 29.1 Å². The lowest BCUT2D eigenvalue weighted by molar-refractivity contribution is -0.488. The van der Waals surface area contributed by atoms with E-state index in [1.807, 2.05) is 6.92 Å². The maximum absolute atomic E-state index is 11.9. The molecule has 0 saturated carbocycles. The molecule has 18 heavy (non-hydrogen) atoms. The van der Waals surface area contributed by atoms with Crippen molar-refractivity contribution >= 4 is 11.6 Å². The molecule has 2 rings (SSSR count). The Morgan fingerprint density at radius 2 is 2.06 bits per heavy atom. The van der Waals surface area contributed by atoms with Crippen LogP contribution in [0.2, 0.25) is 0 Å². The molecule has 0 saturated heterocycles. The standard InChI is InChI=1S/C12H11NO5/c1-2-6-18-8-5-3-4-7-9(8)12(15)10(11(7)14)13(16)17/h3-5,10H,2,6H2,1H3. The fourth-order valence-corrected chi connectivity index (χ4v) is 1.92. The van der Waals surface area contributed by atoms with Crippen molar-refractivity contribution in [2.75, 3.05) is 6.61 Å². The third-order valence-electron chi connectivity index (χ3n) is 2.71. The van der Waals surface area contributed by atoms with E-state index in [1.54, 1.807) is 12.1 Å². The van der Waals surface area contributed by atoms with Crippen molar-refractivity contribution in [3.63, 3.8) is 0 Å². The summed E-state index contributed by atoms with van der Waals surface area (Å²) >= 11 is 0. The number of nitro groups is 1. The first-order valence-corrected chi connectivity index (χ1v) is 5.55. The van der Waals surface area contributed by atoms with Gasteiger partial charge in [-0.05, 0) is 12.5 Å². The molecule has 1 aromatic rings. The Balaban J connectivity index is 2.47. The van der Waals surface area contributed by atoms with Crippen LogP contribution in [0.3, 0.4) is 0 Å². The summed E-state index contributed by atoms with van der Waals surface area (Å²) in [5, 5.41) is 10.7. The summed E-state index contributed by atoms with van der Waals surface area (Å²) in [6.45, 7) is 2.29. The highest BCUT2D eigenvalue weighted by atomic mass is 16.6. The maximum atomic E-state index is 11.9. The molecule has 1 unspecified atom stereocenters. The van der Waals surface area contributed by atoms with E-state index in [0.29, 0.717) is 6.61 Å². The van der Waals surface area contributed by atoms with E-state index >= 15 is 0 Å². The van der Waals surface area contributed by atoms with E-state index < -0.39 is 22.5 Å². The quantitative estimate of drug-likeness (QED) is 0.458. The minimum Gasteiger partial charge on any atom is -0.493 e. The van der Waals surface area contributed by atoms with Gasteiger partial charge in [0.05, 0.1) is 12.2 Å². The predicted molar refractivity (Wildman–Crippen MR) is 61.7 cm³/mol. The second kappa shape index (κ2) is 4.56. The fourth-order valence-electron chi connectivity index (χ4n) is 1.92. The fraction of sp³-hybridized carbons (Fsp3) is 0.333. The first-order valence-electron chi connectivity index (χ1n) is 5.55. The van der Waals surface area contributed by atoms with Crippen LogP contribution in [0.15, 0.2) is 18.2 Å². The third-order valence-corrected chi connectivity index (χ3v) is 2.71. The molecular weight excluding hydrogens is 238 g/mol. The molecule has 6 nitrogen and oxygen atoms in total. The molecule has 0 bridgehead atoms. The van der Waals surface area contributed by atoms with E-state index in [1.165, 1.54) is 6.07 Å². The minimum absolute atomic E-state index is 0.0395. The van der Waals surface area contributed by atoms with E-state index in [-0.39, 0.29) is 16.9 Å². The van der Waals surface area contributed by atoms with Crippen molar-refractivity contribution in [2.24, 2.45) is 0 Å². The van der Waals surface area contributed by atoms with Gasteiger partial charge in [-0.25, -0.2) is 0 Å². The molecule has 0 aromatic heterocycles. The zero-order valence-corrected chi connectivity index (χ0v) is 9.71. The van der Waals surface area contributed by atoms with E-state index in [0.717, 1.165) is 6.42 Å². The summed E-state index contributed by atoms with van der Waals surface area (Å²) in [6.07, 6.45) is 0.741. The van der Waals surface area contributed by atoms with Gasteiger partial charge in [0.1, 0.15) is 5.75 Å². The molecule has 0 spiro atoms. The Labute approximate surface area is 103 Å². The molecular formula is C12H11NO5. The van der Waals surface area contributed by atoms with Crippen molar-refractivity contribution in [3.05, 3.63) is 39.4 Å². The minimum atomic E-state index is -1.81. The number of fused-ring (bicyclic) bond motifs is 1. The lowest BCUT2D eigenvalue weighted by atomic mass is 10.1. The number of hydrogen-bond donors (Lipinski definition) is 0. The van der Waals surface area contributed by atoms with Crippen molar-refractivity contribution in [1.82, 2.24) is 0 Å². The van der Waals surface area contributed by atoms with Crippen molar-refractivity contribution in [1.29, 1.82) is 0 Å². The van der Waals surface area contributed by atoms with Crippen molar-refractivity contribution < 1.29 is 19.2 Å². The summed E-state index contributed by atoms with van der Waals surface area (Å²) < 4.78 is 5.35. The van der Waals surface area contributed by atoms with E-state index in [4.69, 9.17) is 4.74 Å². The number of benzene rings is 1. The number of carbonyl (C=O) groups is 2. The Morgan fingerprint density at radius 3 is 2.67 bits per heavy atom. The molecule has 0 fully saturated rings. The van der Waals surface area contributed by atoms with Gasteiger partial charge in [-0.15, -0.1) is 0 Å². The highest BCUT2D eigenvalue weighted by Crippen LogP contribution is 2.31. The van der Waals surface area contributed by atoms with Gasteiger partial charge < -0.3 is 4.74 Å². The second-order valence-electron chi connectivity index (χ2n) is 3.94. The van der Waals surface area contributed by atoms with Gasteiger partial charge in [-0.2, -0.15) is 0 Å². The molecule has 0 radical (unpaired) electrons. The molecule has 0 amide bonds. The first-order chi connectivity index (χ1) is 8.57. The zero-order chi connectivity index (χ0) is 13.3. The number of rotatable bonds is 4. The Morgan fingerprint density at radius 1 is 1.33 bits per heavy atom. The summed E-state index contributed by atoms with van der Waals surface area (Å²) in [5.74, 6) is -1.30. The molecule has 1 aliphatic rings. The van der Waals surface area contributed by atoms with E-state index in [2.05, 4.69) is 0 Å². The summed E-state index contributed by atoms with van der Waals surface area (Å²) in [6, 6.07) is 2.70. The number of hydrogen-bond acceptors (Lipinski definition) is 5. The molecule has 0 aliphatic heterocycles. The number of carbonyl (C=O) groups excluding carboxylic acids is 2. The normalized spacial score (nSPS) is 17.7. The van der Waals surface area contributed by atoms with Gasteiger partial charge in [-0.3, -0.25) is 19.7 Å². The molecule has 1 aromatic carbocycles. The van der Waals surface area contributed by atoms with Gasteiger partial charge in [-0.1, -0.05) is 19.1 Å². The van der Waals surface area contributed by atoms with Crippen LogP contribution < -0.4 is 4.74 Å². The monoisotopic (exact) mass is 249 g/mol. The van der Waals surface area contributed by atoms with Crippen LogP contribution in [0.1, 0.15) is 34.1 Å². The molecule has 94 valence electrons. The lowest BCUT2D eigenvalue weighted by Gasteiger charge is -2.07. The molecule has 6 heteroatoms. The van der Waals surface area contributed by atoms with Crippen LogP contribution in [0.4, 0.5) is 0 Å². The van der Waals surface area contributed by atoms with Crippen LogP contribution in [0, 0.1) is 10.1 Å². The SMILES string of the molecule is CCCOc1cccc2c1C(=O)C([N+](=O)[O-])C2=O. The van der Waals surface area contributed by atoms with Crippen LogP contribution >= 0.6 is 0 Å². The third kappa shape index (κ3) is 1.75. The van der Waals surface area contributed by atoms with Gasteiger partial charge in [0.15, 0.2) is 0 Å². The smallest absolute Gasteiger partial charge is 0.336 e. The highest BCUT2D eigenvalue weighted by Gasteiger charge is 2.49. The molecule has 0 heterocycles. The lowest BCUT2D eigenvalue weighted by Crippen LogP contribution is -2.31. The van der Waals surface area contributed by atoms with Gasteiger partial charge >= 0.3 is 6.04 Å². The average Bonchev–Trinajstić information content (AvgIpc) is 2.60. The van der Waals surface area contributed by atoms with Crippen molar-refractivity contribution in [2.45, 2.75) is 19.4 Å². The van der Waals surface area contributed by atoms with Gasteiger partial charge in [0.2, 0.25) is 11.6 Å². The maximum Gasteiger partial charge on any atom is 0.336 e. The number of ketones is 2. The average molecular weight is 249 g/mol. The summed E-state index contributed by atoms with van der Waals surface area (Å²) in [4.78, 5) is 33.5. The van der Waals surface area contributed by atoms with Crippen molar-refractivity contribution in [3.8, 4) is 5.75 Å². The molecule has 0 N–H and O–H groups in total. The largest absolute Gasteiger partial charge is 0.493 e. The predicted octanol–water partition coefficient (Wildman–Crippen LogP) is 1.50. The molecule has 1 atom stereocenters. The highest BCUT2D eigenvalue weighted by molar-refractivity contribution is 6.29. The van der Waals surface area contributed by atoms with E-state index in [9.17, 15) is 19.7 Å². The molecule has 1 aliphatic carbocycles.